The molecule has 2 unspecified atom stereocenters. The lowest BCUT2D eigenvalue weighted by Gasteiger charge is -2.38. The van der Waals surface area contributed by atoms with Gasteiger partial charge in [-0.1, -0.05) is 42.5 Å². The molecule has 228 valence electrons. The van der Waals surface area contributed by atoms with Crippen molar-refractivity contribution in [3.8, 4) is 5.75 Å². The number of likely N-dealkylation sites (tertiary alicyclic amines) is 1. The zero-order valence-corrected chi connectivity index (χ0v) is 25.1. The van der Waals surface area contributed by atoms with Crippen molar-refractivity contribution >= 4 is 23.4 Å². The molecule has 2 bridgehead atoms. The summed E-state index contributed by atoms with van der Waals surface area (Å²) in [5, 5.41) is 10.2. The first-order valence-electron chi connectivity index (χ1n) is 14.8. The molecule has 3 aliphatic rings. The van der Waals surface area contributed by atoms with Crippen LogP contribution in [-0.2, 0) is 25.7 Å². The van der Waals surface area contributed by atoms with Crippen LogP contribution >= 0.6 is 0 Å². The number of benzene rings is 2. The Morgan fingerprint density at radius 3 is 2.37 bits per heavy atom. The third-order valence-corrected chi connectivity index (χ3v) is 9.29. The molecule has 3 aliphatic heterocycles. The van der Waals surface area contributed by atoms with E-state index in [2.05, 4.69) is 13.2 Å². The first-order valence-corrected chi connectivity index (χ1v) is 14.8. The van der Waals surface area contributed by atoms with Crippen LogP contribution in [0.1, 0.15) is 32.3 Å². The summed E-state index contributed by atoms with van der Waals surface area (Å²) in [5.74, 6) is -1.90. The number of anilines is 1. The SMILES string of the molecule is C=CCN(Cc1ccccc1)C(=O)[C@H]1[C@H]2C(=O)N([C@H](C)CO)C(C(=O)N(CC=C)c3ccc(OC)cc3)C23CC[C@]1(C)O3. The van der Waals surface area contributed by atoms with Gasteiger partial charge in [-0.3, -0.25) is 14.4 Å². The molecule has 5 rings (SSSR count). The summed E-state index contributed by atoms with van der Waals surface area (Å²) in [6.45, 7) is 11.8. The van der Waals surface area contributed by atoms with Crippen molar-refractivity contribution in [3.05, 3.63) is 85.5 Å². The highest BCUT2D eigenvalue weighted by Crippen LogP contribution is 2.64. The predicted molar refractivity (Wildman–Crippen MR) is 163 cm³/mol. The molecule has 0 radical (unpaired) electrons. The van der Waals surface area contributed by atoms with Crippen molar-refractivity contribution in [1.82, 2.24) is 9.80 Å². The largest absolute Gasteiger partial charge is 0.497 e. The molecule has 43 heavy (non-hydrogen) atoms. The van der Waals surface area contributed by atoms with Gasteiger partial charge in [0.05, 0.1) is 37.2 Å². The number of methoxy groups -OCH3 is 1. The Labute approximate surface area is 253 Å². The van der Waals surface area contributed by atoms with Crippen molar-refractivity contribution in [2.45, 2.75) is 56.5 Å². The number of carbonyl (C=O) groups excluding carboxylic acids is 3. The number of hydrogen-bond donors (Lipinski definition) is 1. The minimum atomic E-state index is -1.22. The molecular formula is C34H41N3O6. The minimum Gasteiger partial charge on any atom is -0.497 e. The van der Waals surface area contributed by atoms with E-state index in [1.807, 2.05) is 37.3 Å². The molecule has 0 saturated carbocycles. The lowest BCUT2D eigenvalue weighted by atomic mass is 9.66. The number of ether oxygens (including phenoxy) is 2. The Kier molecular flexibility index (Phi) is 8.49. The molecule has 2 aromatic carbocycles. The van der Waals surface area contributed by atoms with E-state index in [0.29, 0.717) is 37.4 Å². The number of nitrogens with zero attached hydrogens (tertiary/aromatic N) is 3. The molecule has 6 atom stereocenters. The van der Waals surface area contributed by atoms with Gasteiger partial charge in [-0.15, -0.1) is 13.2 Å². The maximum atomic E-state index is 14.6. The van der Waals surface area contributed by atoms with Gasteiger partial charge in [0.2, 0.25) is 11.8 Å². The molecule has 3 saturated heterocycles. The number of amides is 3. The van der Waals surface area contributed by atoms with E-state index < -0.39 is 35.1 Å². The maximum absolute atomic E-state index is 14.6. The average molecular weight is 588 g/mol. The molecule has 3 heterocycles. The summed E-state index contributed by atoms with van der Waals surface area (Å²) >= 11 is 0. The lowest BCUT2D eigenvalue weighted by molar-refractivity contribution is -0.152. The monoisotopic (exact) mass is 587 g/mol. The molecule has 9 nitrogen and oxygen atoms in total. The zero-order chi connectivity index (χ0) is 30.9. The molecule has 0 aromatic heterocycles. The number of aliphatic hydroxyl groups excluding tert-OH is 1. The number of hydrogen-bond acceptors (Lipinski definition) is 6. The third-order valence-electron chi connectivity index (χ3n) is 9.29. The van der Waals surface area contributed by atoms with Crippen molar-refractivity contribution in [2.75, 3.05) is 31.7 Å². The smallest absolute Gasteiger partial charge is 0.253 e. The number of fused-ring (bicyclic) bond motifs is 1. The highest BCUT2D eigenvalue weighted by Gasteiger charge is 2.78. The standard InChI is InChI=1S/C34H41N3O6/c1-6-19-35(21-24-11-9-8-10-12-24)30(39)27-28-31(40)37(23(3)22-38)29(34(28)18-17-33(27,4)43-34)32(41)36(20-7-2)25-13-15-26(42-5)16-14-25/h6-16,23,27-29,38H,1-2,17-22H2,3-5H3/t23-,27-,28+,29?,33+,34?/m1/s1. The van der Waals surface area contributed by atoms with Crippen molar-refractivity contribution < 1.29 is 29.0 Å². The fourth-order valence-corrected chi connectivity index (χ4v) is 7.33. The first kappa shape index (κ1) is 30.5. The van der Waals surface area contributed by atoms with E-state index in [1.165, 1.54) is 4.90 Å². The molecule has 1 N–H and O–H groups in total. The highest BCUT2D eigenvalue weighted by atomic mass is 16.5. The van der Waals surface area contributed by atoms with Crippen LogP contribution in [0.5, 0.6) is 5.75 Å². The summed E-state index contributed by atoms with van der Waals surface area (Å²) < 4.78 is 12.1. The van der Waals surface area contributed by atoms with Crippen molar-refractivity contribution in [1.29, 1.82) is 0 Å². The number of aliphatic hydroxyl groups is 1. The minimum absolute atomic E-state index is 0.196. The van der Waals surface area contributed by atoms with Gasteiger partial charge in [0.25, 0.3) is 5.91 Å². The van der Waals surface area contributed by atoms with Gasteiger partial charge in [0.1, 0.15) is 17.4 Å². The third kappa shape index (κ3) is 5.04. The molecule has 3 amide bonds. The van der Waals surface area contributed by atoms with Crippen LogP contribution in [0.3, 0.4) is 0 Å². The fraction of sp³-hybridized carbons (Fsp3) is 0.441. The number of carbonyl (C=O) groups is 3. The van der Waals surface area contributed by atoms with Gasteiger partial charge in [-0.2, -0.15) is 0 Å². The summed E-state index contributed by atoms with van der Waals surface area (Å²) in [7, 11) is 1.57. The van der Waals surface area contributed by atoms with E-state index in [-0.39, 0.29) is 30.9 Å². The van der Waals surface area contributed by atoms with Crippen LogP contribution in [0.15, 0.2) is 79.9 Å². The zero-order valence-electron chi connectivity index (χ0n) is 25.1. The van der Waals surface area contributed by atoms with Crippen LogP contribution in [0.25, 0.3) is 0 Å². The Balaban J connectivity index is 1.56. The van der Waals surface area contributed by atoms with E-state index in [4.69, 9.17) is 9.47 Å². The molecule has 2 aromatic rings. The Hall–Kier alpha value is -3.95. The summed E-state index contributed by atoms with van der Waals surface area (Å²) in [6, 6.07) is 15.1. The maximum Gasteiger partial charge on any atom is 0.253 e. The molecule has 9 heteroatoms. The Bertz CT molecular complexity index is 1380. The van der Waals surface area contributed by atoms with Gasteiger partial charge in [-0.05, 0) is 56.5 Å². The van der Waals surface area contributed by atoms with Gasteiger partial charge in [0, 0.05) is 25.3 Å². The first-order chi connectivity index (χ1) is 20.7. The second kappa shape index (κ2) is 12.0. The molecular weight excluding hydrogens is 546 g/mol. The van der Waals surface area contributed by atoms with Crippen molar-refractivity contribution in [3.63, 3.8) is 0 Å². The Morgan fingerprint density at radius 2 is 1.77 bits per heavy atom. The average Bonchev–Trinajstić information content (AvgIpc) is 3.59. The second-order valence-corrected chi connectivity index (χ2v) is 11.9. The van der Waals surface area contributed by atoms with Crippen LogP contribution in [-0.4, -0.2) is 82.7 Å². The van der Waals surface area contributed by atoms with E-state index in [1.54, 1.807) is 60.3 Å². The summed E-state index contributed by atoms with van der Waals surface area (Å²) in [5.41, 5.74) is -0.571. The summed E-state index contributed by atoms with van der Waals surface area (Å²) in [4.78, 5) is 48.2. The van der Waals surface area contributed by atoms with Gasteiger partial charge in [-0.25, -0.2) is 0 Å². The van der Waals surface area contributed by atoms with Crippen LogP contribution in [0, 0.1) is 11.8 Å². The highest BCUT2D eigenvalue weighted by molar-refractivity contribution is 6.05. The number of rotatable bonds is 12. The quantitative estimate of drug-likeness (QED) is 0.381. The molecule has 1 spiro atoms. The molecule has 0 aliphatic carbocycles. The van der Waals surface area contributed by atoms with Gasteiger partial charge < -0.3 is 29.3 Å². The predicted octanol–water partition coefficient (Wildman–Crippen LogP) is 3.57. The molecule has 3 fully saturated rings. The van der Waals surface area contributed by atoms with E-state index in [9.17, 15) is 19.5 Å². The topological polar surface area (TPSA) is 99.6 Å². The van der Waals surface area contributed by atoms with Crippen LogP contribution in [0.2, 0.25) is 0 Å². The van der Waals surface area contributed by atoms with Gasteiger partial charge >= 0.3 is 0 Å². The van der Waals surface area contributed by atoms with E-state index in [0.717, 1.165) is 5.56 Å². The normalized spacial score (nSPS) is 27.9. The lowest BCUT2D eigenvalue weighted by Crippen LogP contribution is -2.58. The van der Waals surface area contributed by atoms with E-state index >= 15 is 0 Å². The van der Waals surface area contributed by atoms with Crippen LogP contribution in [0.4, 0.5) is 5.69 Å². The fourth-order valence-electron chi connectivity index (χ4n) is 7.33. The van der Waals surface area contributed by atoms with Gasteiger partial charge in [0.15, 0.2) is 0 Å². The Morgan fingerprint density at radius 1 is 1.09 bits per heavy atom. The summed E-state index contributed by atoms with van der Waals surface area (Å²) in [6.07, 6.45) is 4.28. The van der Waals surface area contributed by atoms with Crippen LogP contribution < -0.4 is 9.64 Å². The van der Waals surface area contributed by atoms with Crippen molar-refractivity contribution in [2.24, 2.45) is 11.8 Å². The second-order valence-electron chi connectivity index (χ2n) is 11.9.